The van der Waals surface area contributed by atoms with Crippen LogP contribution in [0.15, 0.2) is 57.7 Å². The lowest BCUT2D eigenvalue weighted by Gasteiger charge is -2.34. The molecule has 152 valence electrons. The predicted octanol–water partition coefficient (Wildman–Crippen LogP) is 4.16. The van der Waals surface area contributed by atoms with E-state index in [0.29, 0.717) is 17.9 Å². The molecule has 29 heavy (non-hydrogen) atoms. The third kappa shape index (κ3) is 4.99. The van der Waals surface area contributed by atoms with Crippen molar-refractivity contribution in [1.82, 2.24) is 9.80 Å². The summed E-state index contributed by atoms with van der Waals surface area (Å²) in [4.78, 5) is 16.7. The average molecular weight is 413 g/mol. The third-order valence-electron chi connectivity index (χ3n) is 5.26. The topological polar surface area (TPSA) is 45.9 Å². The first-order chi connectivity index (χ1) is 14.1. The number of halogens is 1. The molecule has 4 rings (SSSR count). The summed E-state index contributed by atoms with van der Waals surface area (Å²) in [6, 6.07) is 15.5. The molecule has 0 radical (unpaired) electrons. The summed E-state index contributed by atoms with van der Waals surface area (Å²) >= 11 is 5.97. The molecule has 1 aliphatic rings. The standard InChI is InChI=1S/C23H25ClN2O3/c1-2-28-21-14-23(27)29-22-13-18(5-8-20(21)22)16-26-11-9-25(10-12-26)15-17-3-6-19(24)7-4-17/h3-8,13-14H,2,9-12,15-16H2,1H3. The maximum Gasteiger partial charge on any atom is 0.339 e. The van der Waals surface area contributed by atoms with Crippen molar-refractivity contribution >= 4 is 22.6 Å². The van der Waals surface area contributed by atoms with Crippen molar-refractivity contribution in [3.8, 4) is 5.75 Å². The fourth-order valence-corrected chi connectivity index (χ4v) is 3.89. The van der Waals surface area contributed by atoms with Crippen LogP contribution in [-0.2, 0) is 13.1 Å². The van der Waals surface area contributed by atoms with Crippen molar-refractivity contribution in [2.45, 2.75) is 20.0 Å². The van der Waals surface area contributed by atoms with E-state index in [0.717, 1.165) is 55.2 Å². The molecule has 0 spiro atoms. The molecule has 0 atom stereocenters. The Morgan fingerprint density at radius 3 is 2.21 bits per heavy atom. The molecule has 3 aromatic rings. The van der Waals surface area contributed by atoms with Gasteiger partial charge in [-0.2, -0.15) is 0 Å². The van der Waals surface area contributed by atoms with Gasteiger partial charge in [0.05, 0.1) is 18.1 Å². The van der Waals surface area contributed by atoms with E-state index in [-0.39, 0.29) is 5.63 Å². The van der Waals surface area contributed by atoms with Crippen LogP contribution >= 0.6 is 11.6 Å². The van der Waals surface area contributed by atoms with E-state index in [4.69, 9.17) is 20.8 Å². The molecule has 0 aliphatic carbocycles. The summed E-state index contributed by atoms with van der Waals surface area (Å²) in [7, 11) is 0. The fraction of sp³-hybridized carbons (Fsp3) is 0.348. The van der Waals surface area contributed by atoms with Crippen LogP contribution in [0.25, 0.3) is 11.0 Å². The molecule has 2 heterocycles. The highest BCUT2D eigenvalue weighted by Gasteiger charge is 2.17. The SMILES string of the molecule is CCOc1cc(=O)oc2cc(CN3CCN(Cc4ccc(Cl)cc4)CC3)ccc12. The largest absolute Gasteiger partial charge is 0.493 e. The van der Waals surface area contributed by atoms with Crippen molar-refractivity contribution in [2.75, 3.05) is 32.8 Å². The Hall–Kier alpha value is -2.34. The van der Waals surface area contributed by atoms with Crippen molar-refractivity contribution in [1.29, 1.82) is 0 Å². The van der Waals surface area contributed by atoms with Gasteiger partial charge in [-0.3, -0.25) is 9.80 Å². The number of hydrogen-bond donors (Lipinski definition) is 0. The Morgan fingerprint density at radius 2 is 1.55 bits per heavy atom. The van der Waals surface area contributed by atoms with Gasteiger partial charge in [0.2, 0.25) is 0 Å². The van der Waals surface area contributed by atoms with Crippen LogP contribution in [0.3, 0.4) is 0 Å². The lowest BCUT2D eigenvalue weighted by Crippen LogP contribution is -2.45. The Balaban J connectivity index is 1.38. The second-order valence-corrected chi connectivity index (χ2v) is 7.81. The Bertz CT molecular complexity index is 1020. The van der Waals surface area contributed by atoms with Crippen LogP contribution in [0.2, 0.25) is 5.02 Å². The zero-order chi connectivity index (χ0) is 20.2. The fourth-order valence-electron chi connectivity index (χ4n) is 3.76. The van der Waals surface area contributed by atoms with E-state index in [2.05, 4.69) is 28.0 Å². The first kappa shape index (κ1) is 20.0. The van der Waals surface area contributed by atoms with E-state index in [1.807, 2.05) is 31.2 Å². The second-order valence-electron chi connectivity index (χ2n) is 7.37. The maximum atomic E-state index is 11.8. The predicted molar refractivity (Wildman–Crippen MR) is 116 cm³/mol. The summed E-state index contributed by atoms with van der Waals surface area (Å²) in [5.41, 5.74) is 2.63. The number of fused-ring (bicyclic) bond motifs is 1. The van der Waals surface area contributed by atoms with Gasteiger partial charge in [-0.05, 0) is 42.3 Å². The van der Waals surface area contributed by atoms with Crippen molar-refractivity contribution in [3.63, 3.8) is 0 Å². The molecule has 6 heteroatoms. The molecule has 0 bridgehead atoms. The summed E-state index contributed by atoms with van der Waals surface area (Å²) in [5, 5.41) is 1.61. The van der Waals surface area contributed by atoms with Gasteiger partial charge in [0.25, 0.3) is 0 Å². The van der Waals surface area contributed by atoms with Gasteiger partial charge in [0.15, 0.2) is 0 Å². The summed E-state index contributed by atoms with van der Waals surface area (Å²) in [6.45, 7) is 8.28. The highest BCUT2D eigenvalue weighted by Crippen LogP contribution is 2.25. The molecule has 2 aromatic carbocycles. The van der Waals surface area contributed by atoms with Gasteiger partial charge >= 0.3 is 5.63 Å². The zero-order valence-electron chi connectivity index (χ0n) is 16.6. The summed E-state index contributed by atoms with van der Waals surface area (Å²) < 4.78 is 11.0. The molecule has 0 N–H and O–H groups in total. The van der Waals surface area contributed by atoms with E-state index in [1.54, 1.807) is 0 Å². The van der Waals surface area contributed by atoms with E-state index < -0.39 is 0 Å². The van der Waals surface area contributed by atoms with Gasteiger partial charge in [-0.1, -0.05) is 29.8 Å². The Morgan fingerprint density at radius 1 is 0.931 bits per heavy atom. The van der Waals surface area contributed by atoms with Crippen LogP contribution < -0.4 is 10.4 Å². The van der Waals surface area contributed by atoms with Gasteiger partial charge < -0.3 is 9.15 Å². The molecule has 5 nitrogen and oxygen atoms in total. The van der Waals surface area contributed by atoms with Gasteiger partial charge in [-0.15, -0.1) is 0 Å². The molecule has 1 saturated heterocycles. The van der Waals surface area contributed by atoms with Crippen molar-refractivity contribution in [3.05, 3.63) is 75.1 Å². The van der Waals surface area contributed by atoms with Gasteiger partial charge in [0, 0.05) is 44.3 Å². The van der Waals surface area contributed by atoms with Crippen LogP contribution in [0.5, 0.6) is 5.75 Å². The maximum absolute atomic E-state index is 11.8. The number of ether oxygens (including phenoxy) is 1. The monoisotopic (exact) mass is 412 g/mol. The second kappa shape index (κ2) is 8.99. The zero-order valence-corrected chi connectivity index (χ0v) is 17.3. The molecule has 0 amide bonds. The minimum atomic E-state index is -0.381. The summed E-state index contributed by atoms with van der Waals surface area (Å²) in [6.07, 6.45) is 0. The Kier molecular flexibility index (Phi) is 6.19. The first-order valence-electron chi connectivity index (χ1n) is 9.99. The van der Waals surface area contributed by atoms with Gasteiger partial charge in [0.1, 0.15) is 11.3 Å². The minimum absolute atomic E-state index is 0.381. The molecule has 1 fully saturated rings. The molecular formula is C23H25ClN2O3. The number of nitrogens with zero attached hydrogens (tertiary/aromatic N) is 2. The lowest BCUT2D eigenvalue weighted by atomic mass is 10.1. The number of rotatable bonds is 6. The lowest BCUT2D eigenvalue weighted by molar-refractivity contribution is 0.122. The van der Waals surface area contributed by atoms with Crippen LogP contribution in [-0.4, -0.2) is 42.6 Å². The average Bonchev–Trinajstić information content (AvgIpc) is 2.71. The number of hydrogen-bond acceptors (Lipinski definition) is 5. The molecule has 0 saturated carbocycles. The molecule has 1 aliphatic heterocycles. The normalized spacial score (nSPS) is 15.7. The van der Waals surface area contributed by atoms with E-state index in [1.165, 1.54) is 11.6 Å². The van der Waals surface area contributed by atoms with Crippen LogP contribution in [0, 0.1) is 0 Å². The highest BCUT2D eigenvalue weighted by molar-refractivity contribution is 6.30. The van der Waals surface area contributed by atoms with Crippen molar-refractivity contribution < 1.29 is 9.15 Å². The highest BCUT2D eigenvalue weighted by atomic mass is 35.5. The van der Waals surface area contributed by atoms with E-state index >= 15 is 0 Å². The molecule has 0 unspecified atom stereocenters. The van der Waals surface area contributed by atoms with Crippen LogP contribution in [0.4, 0.5) is 0 Å². The molecular weight excluding hydrogens is 388 g/mol. The number of piperazine rings is 1. The smallest absolute Gasteiger partial charge is 0.339 e. The van der Waals surface area contributed by atoms with Gasteiger partial charge in [-0.25, -0.2) is 4.79 Å². The van der Waals surface area contributed by atoms with Crippen LogP contribution in [0.1, 0.15) is 18.1 Å². The quantitative estimate of drug-likeness (QED) is 0.569. The van der Waals surface area contributed by atoms with Crippen molar-refractivity contribution in [2.24, 2.45) is 0 Å². The number of benzene rings is 2. The minimum Gasteiger partial charge on any atom is -0.493 e. The van der Waals surface area contributed by atoms with E-state index in [9.17, 15) is 4.79 Å². The first-order valence-corrected chi connectivity index (χ1v) is 10.4. The Labute approximate surface area is 175 Å². The molecule has 1 aromatic heterocycles. The third-order valence-corrected chi connectivity index (χ3v) is 5.51. The summed E-state index contributed by atoms with van der Waals surface area (Å²) in [5.74, 6) is 0.584.